The second-order valence-corrected chi connectivity index (χ2v) is 7.08. The van der Waals surface area contributed by atoms with Crippen LogP contribution in [0.2, 0.25) is 10.0 Å². The van der Waals surface area contributed by atoms with Crippen molar-refractivity contribution in [2.24, 2.45) is 10.1 Å². The summed E-state index contributed by atoms with van der Waals surface area (Å²) in [5, 5.41) is 12.0. The molecular weight excluding hydrogens is 379 g/mol. The number of nitrogens with zero attached hydrogens (tertiary/aromatic N) is 3. The standard InChI is InChI=1S/C17H12Cl2N4OS/c1-25-17-21-16(24)14-11-4-2-3-5-13(11)20-15(23(14)22-17)10-7-6-9(18)8-12(10)19/h2-8,15H,1H3,(H,21,22,24)/t15-/m1/s1. The summed E-state index contributed by atoms with van der Waals surface area (Å²) < 4.78 is 0. The summed E-state index contributed by atoms with van der Waals surface area (Å²) in [6.07, 6.45) is 1.31. The maximum absolute atomic E-state index is 12.7. The van der Waals surface area contributed by atoms with Crippen LogP contribution in [0.15, 0.2) is 52.6 Å². The third kappa shape index (κ3) is 2.80. The van der Waals surface area contributed by atoms with E-state index in [1.54, 1.807) is 17.1 Å². The summed E-state index contributed by atoms with van der Waals surface area (Å²) in [4.78, 5) is 17.5. The number of hydrogen-bond acceptors (Lipinski definition) is 5. The van der Waals surface area contributed by atoms with Crippen LogP contribution in [0, 0.1) is 0 Å². The highest BCUT2D eigenvalue weighted by atomic mass is 35.5. The van der Waals surface area contributed by atoms with Crippen LogP contribution in [0.3, 0.4) is 0 Å². The van der Waals surface area contributed by atoms with Gasteiger partial charge in [-0.15, -0.1) is 5.10 Å². The molecule has 0 aromatic heterocycles. The Morgan fingerprint density at radius 2 is 2.00 bits per heavy atom. The van der Waals surface area contributed by atoms with E-state index in [0.717, 1.165) is 16.1 Å². The summed E-state index contributed by atoms with van der Waals surface area (Å²) in [6.45, 7) is 0. The summed E-state index contributed by atoms with van der Waals surface area (Å²) in [5.41, 5.74) is 1.19. The minimum Gasteiger partial charge on any atom is -0.298 e. The molecule has 5 nitrogen and oxygen atoms in total. The van der Waals surface area contributed by atoms with Crippen LogP contribution in [-0.4, -0.2) is 22.3 Å². The van der Waals surface area contributed by atoms with Crippen LogP contribution in [0.1, 0.15) is 11.7 Å². The normalized spacial score (nSPS) is 18.8. The molecule has 1 amide bonds. The number of para-hydroxylation sites is 1. The fraction of sp³-hybridized carbons (Fsp3) is 0.118. The van der Waals surface area contributed by atoms with Crippen LogP contribution in [0.5, 0.6) is 0 Å². The molecule has 4 rings (SSSR count). The Morgan fingerprint density at radius 1 is 1.20 bits per heavy atom. The monoisotopic (exact) mass is 390 g/mol. The van der Waals surface area contributed by atoms with E-state index < -0.39 is 6.17 Å². The van der Waals surface area contributed by atoms with E-state index in [4.69, 9.17) is 28.2 Å². The molecule has 8 heteroatoms. The van der Waals surface area contributed by atoms with Crippen molar-refractivity contribution in [1.29, 1.82) is 0 Å². The van der Waals surface area contributed by atoms with Gasteiger partial charge in [-0.1, -0.05) is 59.2 Å². The average Bonchev–Trinajstić information content (AvgIpc) is 2.61. The number of amidine groups is 1. The van der Waals surface area contributed by atoms with Crippen molar-refractivity contribution in [3.05, 3.63) is 68.6 Å². The largest absolute Gasteiger partial charge is 0.298 e. The molecule has 1 N–H and O–H groups in total. The van der Waals surface area contributed by atoms with Gasteiger partial charge in [0, 0.05) is 20.8 Å². The molecule has 2 aromatic rings. The van der Waals surface area contributed by atoms with Crippen molar-refractivity contribution >= 4 is 51.7 Å². The summed E-state index contributed by atoms with van der Waals surface area (Å²) in [5.74, 6) is -0.211. The van der Waals surface area contributed by atoms with Crippen molar-refractivity contribution in [2.45, 2.75) is 6.17 Å². The number of thioether (sulfide) groups is 1. The van der Waals surface area contributed by atoms with Gasteiger partial charge in [0.1, 0.15) is 5.70 Å². The Labute approximate surface area is 158 Å². The average molecular weight is 391 g/mol. The third-order valence-electron chi connectivity index (χ3n) is 3.95. The summed E-state index contributed by atoms with van der Waals surface area (Å²) >= 11 is 13.8. The highest BCUT2D eigenvalue weighted by molar-refractivity contribution is 8.13. The third-order valence-corrected chi connectivity index (χ3v) is 5.08. The second kappa shape index (κ2) is 6.37. The van der Waals surface area contributed by atoms with Gasteiger partial charge in [-0.2, -0.15) is 0 Å². The van der Waals surface area contributed by atoms with Gasteiger partial charge in [0.05, 0.1) is 5.36 Å². The predicted molar refractivity (Wildman–Crippen MR) is 101 cm³/mol. The van der Waals surface area contributed by atoms with E-state index in [1.807, 2.05) is 36.6 Å². The predicted octanol–water partition coefficient (Wildman–Crippen LogP) is 2.50. The number of amides is 1. The van der Waals surface area contributed by atoms with Crippen LogP contribution < -0.4 is 15.9 Å². The molecular formula is C17H12Cl2N4OS. The molecule has 0 aliphatic carbocycles. The highest BCUT2D eigenvalue weighted by Gasteiger charge is 2.34. The minimum atomic E-state index is -0.539. The lowest BCUT2D eigenvalue weighted by Crippen LogP contribution is -2.50. The Hall–Kier alpha value is -2.02. The van der Waals surface area contributed by atoms with Crippen molar-refractivity contribution in [2.75, 3.05) is 6.26 Å². The Bertz CT molecular complexity index is 1040. The fourth-order valence-corrected chi connectivity index (χ4v) is 3.70. The first-order valence-electron chi connectivity index (χ1n) is 7.44. The van der Waals surface area contributed by atoms with E-state index in [0.29, 0.717) is 20.9 Å². The first-order valence-corrected chi connectivity index (χ1v) is 9.42. The van der Waals surface area contributed by atoms with Crippen molar-refractivity contribution in [1.82, 2.24) is 10.3 Å². The van der Waals surface area contributed by atoms with Gasteiger partial charge in [-0.3, -0.25) is 15.1 Å². The quantitative estimate of drug-likeness (QED) is 0.813. The van der Waals surface area contributed by atoms with Crippen LogP contribution in [0.25, 0.3) is 5.70 Å². The lowest BCUT2D eigenvalue weighted by molar-refractivity contribution is -0.116. The lowest BCUT2D eigenvalue weighted by atomic mass is 10.1. The first kappa shape index (κ1) is 16.4. The number of hydrogen-bond donors (Lipinski definition) is 1. The molecule has 2 aliphatic heterocycles. The fourth-order valence-electron chi connectivity index (χ4n) is 2.83. The number of nitrogens with one attached hydrogen (secondary N) is 1. The van der Waals surface area contributed by atoms with E-state index in [1.165, 1.54) is 11.8 Å². The number of rotatable bonds is 1. The number of hydrazone groups is 1. The molecule has 126 valence electrons. The molecule has 0 saturated carbocycles. The van der Waals surface area contributed by atoms with Crippen LogP contribution in [0.4, 0.5) is 0 Å². The van der Waals surface area contributed by atoms with Crippen molar-refractivity contribution < 1.29 is 4.79 Å². The number of carbonyl (C=O) groups excluding carboxylic acids is 1. The van der Waals surface area contributed by atoms with E-state index >= 15 is 0 Å². The number of halogens is 2. The zero-order chi connectivity index (χ0) is 17.6. The summed E-state index contributed by atoms with van der Waals surface area (Å²) in [7, 11) is 0. The molecule has 0 saturated heterocycles. The lowest BCUT2D eigenvalue weighted by Gasteiger charge is -2.34. The Kier molecular flexibility index (Phi) is 4.19. The molecule has 0 radical (unpaired) electrons. The highest BCUT2D eigenvalue weighted by Crippen LogP contribution is 2.35. The molecule has 0 spiro atoms. The number of benzene rings is 2. The van der Waals surface area contributed by atoms with E-state index in [-0.39, 0.29) is 5.91 Å². The summed E-state index contributed by atoms with van der Waals surface area (Å²) in [6, 6.07) is 12.7. The van der Waals surface area contributed by atoms with Gasteiger partial charge in [0.25, 0.3) is 5.91 Å². The van der Waals surface area contributed by atoms with E-state index in [9.17, 15) is 4.79 Å². The number of carbonyl (C=O) groups is 1. The maximum Gasteiger partial charge on any atom is 0.276 e. The van der Waals surface area contributed by atoms with Crippen LogP contribution in [-0.2, 0) is 4.79 Å². The zero-order valence-corrected chi connectivity index (χ0v) is 15.4. The van der Waals surface area contributed by atoms with Gasteiger partial charge in [-0.05, 0) is 24.5 Å². The van der Waals surface area contributed by atoms with Gasteiger partial charge in [0.15, 0.2) is 11.3 Å². The maximum atomic E-state index is 12.7. The smallest absolute Gasteiger partial charge is 0.276 e. The Balaban J connectivity index is 2.00. The van der Waals surface area contributed by atoms with E-state index in [2.05, 4.69) is 10.4 Å². The molecule has 2 aromatic carbocycles. The molecule has 25 heavy (non-hydrogen) atoms. The van der Waals surface area contributed by atoms with Gasteiger partial charge >= 0.3 is 0 Å². The second-order valence-electron chi connectivity index (χ2n) is 5.44. The molecule has 1 atom stereocenters. The van der Waals surface area contributed by atoms with Gasteiger partial charge in [0.2, 0.25) is 0 Å². The SMILES string of the molecule is CSC1=NN2C(=c3ccccc3=N[C@H]2c2ccc(Cl)cc2Cl)C(=O)N1. The molecule has 2 aliphatic rings. The molecule has 0 unspecified atom stereocenters. The molecule has 0 fully saturated rings. The molecule has 0 bridgehead atoms. The van der Waals surface area contributed by atoms with Gasteiger partial charge < -0.3 is 0 Å². The molecule has 2 heterocycles. The zero-order valence-electron chi connectivity index (χ0n) is 13.0. The number of fused-ring (bicyclic) bond motifs is 2. The van der Waals surface area contributed by atoms with Crippen molar-refractivity contribution in [3.8, 4) is 0 Å². The van der Waals surface area contributed by atoms with Crippen molar-refractivity contribution in [3.63, 3.8) is 0 Å². The first-order chi connectivity index (χ1) is 12.1. The Morgan fingerprint density at radius 3 is 2.76 bits per heavy atom. The van der Waals surface area contributed by atoms with Crippen LogP contribution >= 0.6 is 35.0 Å². The minimum absolute atomic E-state index is 0.211. The topological polar surface area (TPSA) is 57.1 Å². The van der Waals surface area contributed by atoms with Gasteiger partial charge in [-0.25, -0.2) is 5.01 Å².